The van der Waals surface area contributed by atoms with Crippen molar-refractivity contribution in [1.82, 2.24) is 0 Å². The number of allylic oxidation sites excluding steroid dienone is 1. The molecule has 212 valence electrons. The molecule has 1 aromatic heterocycles. The molecule has 5 rings (SSSR count). The Kier molecular flexibility index (Phi) is 6.68. The molecule has 0 aliphatic heterocycles. The Morgan fingerprint density at radius 1 is 0.750 bits per heavy atom. The Bertz CT molecular complexity index is 1720. The van der Waals surface area contributed by atoms with E-state index in [0.717, 1.165) is 53.2 Å². The van der Waals surface area contributed by atoms with E-state index >= 15 is 0 Å². The average Bonchev–Trinajstić information content (AvgIpc) is 2.78. The van der Waals surface area contributed by atoms with Crippen LogP contribution in [0.25, 0.3) is 38.8 Å². The van der Waals surface area contributed by atoms with Crippen LogP contribution in [0.5, 0.6) is 0 Å². The van der Waals surface area contributed by atoms with Crippen molar-refractivity contribution in [3.05, 3.63) is 69.6 Å². The van der Waals surface area contributed by atoms with Crippen molar-refractivity contribution in [3.63, 3.8) is 0 Å². The molecule has 2 bridgehead atoms. The van der Waals surface area contributed by atoms with Crippen molar-refractivity contribution in [2.45, 2.75) is 107 Å². The minimum atomic E-state index is -0.164. The summed E-state index contributed by atoms with van der Waals surface area (Å²) < 4.78 is 7.03. The molecule has 0 saturated heterocycles. The van der Waals surface area contributed by atoms with Crippen molar-refractivity contribution in [2.75, 3.05) is 0 Å². The molecule has 2 heteroatoms. The third kappa shape index (κ3) is 5.52. The summed E-state index contributed by atoms with van der Waals surface area (Å²) in [6.07, 6.45) is 8.34. The molecule has 1 heterocycles. The van der Waals surface area contributed by atoms with E-state index in [9.17, 15) is 5.41 Å². The lowest BCUT2D eigenvalue weighted by molar-refractivity contribution is 0.410. The number of hydrogen-bond acceptors (Lipinski definition) is 2. The van der Waals surface area contributed by atoms with E-state index in [0.29, 0.717) is 5.36 Å². The summed E-state index contributed by atoms with van der Waals surface area (Å²) in [4.78, 5) is 0. The van der Waals surface area contributed by atoms with E-state index in [1.54, 1.807) is 0 Å². The first-order valence-corrected chi connectivity index (χ1v) is 15.1. The highest BCUT2D eigenvalue weighted by Gasteiger charge is 2.31. The van der Waals surface area contributed by atoms with Crippen molar-refractivity contribution in [1.29, 1.82) is 5.41 Å². The first kappa shape index (κ1) is 28.7. The molecular weight excluding hydrogens is 486 g/mol. The lowest BCUT2D eigenvalue weighted by atomic mass is 9.74. The van der Waals surface area contributed by atoms with Crippen molar-refractivity contribution >= 4 is 38.8 Å². The summed E-state index contributed by atoms with van der Waals surface area (Å²) in [5.41, 5.74) is 8.26. The summed E-state index contributed by atoms with van der Waals surface area (Å²) in [7, 11) is 0. The van der Waals surface area contributed by atoms with Gasteiger partial charge in [0, 0.05) is 10.9 Å². The molecule has 1 N–H and O–H groups in total. The molecule has 2 nitrogen and oxygen atoms in total. The maximum absolute atomic E-state index is 9.78. The van der Waals surface area contributed by atoms with Crippen LogP contribution < -0.4 is 5.36 Å². The van der Waals surface area contributed by atoms with Gasteiger partial charge in [-0.2, -0.15) is 0 Å². The molecule has 0 radical (unpaired) electrons. The van der Waals surface area contributed by atoms with Crippen LogP contribution in [0.15, 0.2) is 40.8 Å². The zero-order chi connectivity index (χ0) is 29.4. The zero-order valence-electron chi connectivity index (χ0n) is 26.8. The van der Waals surface area contributed by atoms with Gasteiger partial charge in [0.15, 0.2) is 0 Å². The van der Waals surface area contributed by atoms with Crippen LogP contribution in [0.2, 0.25) is 0 Å². The van der Waals surface area contributed by atoms with E-state index in [4.69, 9.17) is 4.42 Å². The van der Waals surface area contributed by atoms with Gasteiger partial charge in [0.25, 0.3) is 0 Å². The second-order valence-corrected chi connectivity index (χ2v) is 16.7. The highest BCUT2D eigenvalue weighted by Crippen LogP contribution is 2.44. The molecule has 0 atom stereocenters. The van der Waals surface area contributed by atoms with E-state index in [1.165, 1.54) is 33.0 Å². The third-order valence-electron chi connectivity index (χ3n) is 8.11. The normalized spacial score (nSPS) is 16.6. The Morgan fingerprint density at radius 2 is 1.38 bits per heavy atom. The lowest BCUT2D eigenvalue weighted by Gasteiger charge is -2.30. The van der Waals surface area contributed by atoms with Gasteiger partial charge in [0.2, 0.25) is 0 Å². The van der Waals surface area contributed by atoms with Gasteiger partial charge in [-0.05, 0) is 86.4 Å². The van der Waals surface area contributed by atoms with Crippen LogP contribution in [-0.4, -0.2) is 0 Å². The standard InChI is InChI=1S/C38H49NO/c1-35(2,3)20-23-14-15-26-27(18-23)32-31-33(39)30-25(13-12-16-38(32,10)11)17-24(21-36(4,5)6)19-29(30)40-34(31)28(26)22-37(7,8)9/h12-15,17-19,39H,16,20-22H2,1-11H3/b13-12-,39-33?. The largest absolute Gasteiger partial charge is 0.456 e. The lowest BCUT2D eigenvalue weighted by Crippen LogP contribution is -2.22. The second-order valence-electron chi connectivity index (χ2n) is 16.7. The van der Waals surface area contributed by atoms with Crippen LogP contribution in [0.4, 0.5) is 0 Å². The van der Waals surface area contributed by atoms with Gasteiger partial charge < -0.3 is 4.42 Å². The van der Waals surface area contributed by atoms with Gasteiger partial charge in [-0.25, -0.2) is 0 Å². The molecule has 1 aliphatic rings. The Hall–Kier alpha value is -2.87. The number of fused-ring (bicyclic) bond motifs is 2. The fourth-order valence-corrected chi connectivity index (χ4v) is 6.77. The third-order valence-corrected chi connectivity index (χ3v) is 8.11. The van der Waals surface area contributed by atoms with Crippen molar-refractivity contribution < 1.29 is 4.42 Å². The first-order valence-electron chi connectivity index (χ1n) is 15.1. The number of nitrogens with one attached hydrogen (secondary N) is 1. The van der Waals surface area contributed by atoms with Gasteiger partial charge in [-0.3, -0.25) is 5.41 Å². The topological polar surface area (TPSA) is 37.0 Å². The Balaban J connectivity index is 2.01. The predicted molar refractivity (Wildman–Crippen MR) is 173 cm³/mol. The monoisotopic (exact) mass is 535 g/mol. The van der Waals surface area contributed by atoms with Crippen molar-refractivity contribution in [2.24, 2.45) is 16.2 Å². The molecule has 0 amide bonds. The zero-order valence-corrected chi connectivity index (χ0v) is 26.8. The smallest absolute Gasteiger partial charge is 0.141 e. The molecule has 40 heavy (non-hydrogen) atoms. The minimum Gasteiger partial charge on any atom is -0.456 e. The highest BCUT2D eigenvalue weighted by molar-refractivity contribution is 6.08. The fourth-order valence-electron chi connectivity index (χ4n) is 6.77. The van der Waals surface area contributed by atoms with Gasteiger partial charge in [0.1, 0.15) is 11.2 Å². The number of benzene rings is 3. The van der Waals surface area contributed by atoms with E-state index in [1.807, 2.05) is 0 Å². The maximum atomic E-state index is 9.78. The SMILES string of the molecule is CC(C)(C)Cc1cc2c3c(=N)c4c(c5cc(CC(C)(C)C)ccc5c(CC(C)(C)C)c4oc3c1)C(C)(C)C/C=C\2. The molecule has 0 unspecified atom stereocenters. The summed E-state index contributed by atoms with van der Waals surface area (Å²) in [5, 5.41) is 14.9. The van der Waals surface area contributed by atoms with E-state index in [-0.39, 0.29) is 21.7 Å². The Labute approximate surface area is 241 Å². The quantitative estimate of drug-likeness (QED) is 0.260. The molecule has 0 fully saturated rings. The van der Waals surface area contributed by atoms with E-state index in [2.05, 4.69) is 119 Å². The number of hydrogen-bond donors (Lipinski definition) is 1. The van der Waals surface area contributed by atoms with Crippen molar-refractivity contribution in [3.8, 4) is 0 Å². The predicted octanol–water partition coefficient (Wildman–Crippen LogP) is 10.7. The number of rotatable bonds is 3. The Morgan fingerprint density at radius 3 is 2.00 bits per heavy atom. The van der Waals surface area contributed by atoms with Crippen LogP contribution >= 0.6 is 0 Å². The first-order chi connectivity index (χ1) is 18.3. The summed E-state index contributed by atoms with van der Waals surface area (Å²) in [5.74, 6) is 0. The maximum Gasteiger partial charge on any atom is 0.141 e. The fraction of sp³-hybridized carbons (Fsp3) is 0.500. The van der Waals surface area contributed by atoms with Gasteiger partial charge >= 0.3 is 0 Å². The molecular formula is C38H49NO. The minimum absolute atomic E-state index is 0.0718. The summed E-state index contributed by atoms with van der Waals surface area (Å²) >= 11 is 0. The molecule has 3 aromatic carbocycles. The summed E-state index contributed by atoms with van der Waals surface area (Å²) in [6.45, 7) is 25.4. The average molecular weight is 536 g/mol. The molecule has 1 aliphatic carbocycles. The molecule has 0 saturated carbocycles. The van der Waals surface area contributed by atoms with Gasteiger partial charge in [0.05, 0.1) is 10.7 Å². The molecule has 4 aromatic rings. The summed E-state index contributed by atoms with van der Waals surface area (Å²) in [6, 6.07) is 11.6. The van der Waals surface area contributed by atoms with Gasteiger partial charge in [-0.1, -0.05) is 113 Å². The second kappa shape index (κ2) is 9.33. The van der Waals surface area contributed by atoms with Crippen LogP contribution in [0.1, 0.15) is 110 Å². The van der Waals surface area contributed by atoms with Crippen LogP contribution in [0.3, 0.4) is 0 Å². The van der Waals surface area contributed by atoms with Crippen LogP contribution in [0, 0.1) is 21.7 Å². The molecule has 0 spiro atoms. The van der Waals surface area contributed by atoms with Gasteiger partial charge in [-0.15, -0.1) is 0 Å². The van der Waals surface area contributed by atoms with E-state index < -0.39 is 0 Å². The highest BCUT2D eigenvalue weighted by atomic mass is 16.3. The van der Waals surface area contributed by atoms with Crippen LogP contribution in [-0.2, 0) is 24.7 Å².